The molecule has 1 amide bonds. The van der Waals surface area contributed by atoms with E-state index < -0.39 is 0 Å². The number of hydrazone groups is 1. The molecule has 0 saturated heterocycles. The molecule has 0 spiro atoms. The zero-order valence-corrected chi connectivity index (χ0v) is 15.9. The highest BCUT2D eigenvalue weighted by molar-refractivity contribution is 6.01. The number of unbranched alkanes of at least 4 members (excludes halogenated alkanes) is 1. The Bertz CT molecular complexity index is 707. The van der Waals surface area contributed by atoms with Crippen LogP contribution in [0.25, 0.3) is 0 Å². The summed E-state index contributed by atoms with van der Waals surface area (Å²) < 4.78 is 5.54. The Hall–Kier alpha value is -2.62. The Balaban J connectivity index is 1.91. The van der Waals surface area contributed by atoms with Crippen molar-refractivity contribution in [3.8, 4) is 5.75 Å². The SMILES string of the molecule is CCCCC(=NNC(=O)COc1ccc(C(C)C)cc1)c1ccccc1. The van der Waals surface area contributed by atoms with Crippen LogP contribution in [0.1, 0.15) is 57.1 Å². The summed E-state index contributed by atoms with van der Waals surface area (Å²) in [5, 5.41) is 4.32. The molecule has 0 heterocycles. The second-order valence-electron chi connectivity index (χ2n) is 6.58. The van der Waals surface area contributed by atoms with Gasteiger partial charge in [0.25, 0.3) is 5.91 Å². The summed E-state index contributed by atoms with van der Waals surface area (Å²) in [6, 6.07) is 17.8. The predicted molar refractivity (Wildman–Crippen MR) is 107 cm³/mol. The van der Waals surface area contributed by atoms with Crippen LogP contribution in [-0.4, -0.2) is 18.2 Å². The molecule has 1 N–H and O–H groups in total. The second-order valence-corrected chi connectivity index (χ2v) is 6.58. The number of hydrogen-bond acceptors (Lipinski definition) is 3. The lowest BCUT2D eigenvalue weighted by atomic mass is 10.0. The molecular formula is C22H28N2O2. The first-order valence-electron chi connectivity index (χ1n) is 9.23. The lowest BCUT2D eigenvalue weighted by molar-refractivity contribution is -0.123. The Morgan fingerprint density at radius 3 is 2.38 bits per heavy atom. The van der Waals surface area contributed by atoms with Crippen molar-refractivity contribution in [1.29, 1.82) is 0 Å². The number of nitrogens with zero attached hydrogens (tertiary/aromatic N) is 1. The van der Waals surface area contributed by atoms with Crippen LogP contribution in [0.3, 0.4) is 0 Å². The summed E-state index contributed by atoms with van der Waals surface area (Å²) in [7, 11) is 0. The van der Waals surface area contributed by atoms with Gasteiger partial charge in [-0.1, -0.05) is 69.7 Å². The fourth-order valence-electron chi connectivity index (χ4n) is 2.50. The maximum absolute atomic E-state index is 12.1. The minimum absolute atomic E-state index is 0.0552. The fourth-order valence-corrected chi connectivity index (χ4v) is 2.50. The number of rotatable bonds is 9. The fraction of sp³-hybridized carbons (Fsp3) is 0.364. The highest BCUT2D eigenvalue weighted by Gasteiger charge is 2.06. The third kappa shape index (κ3) is 6.36. The predicted octanol–water partition coefficient (Wildman–Crippen LogP) is 4.90. The molecule has 0 bridgehead atoms. The molecule has 26 heavy (non-hydrogen) atoms. The van der Waals surface area contributed by atoms with Crippen LogP contribution in [0.4, 0.5) is 0 Å². The Morgan fingerprint density at radius 2 is 1.77 bits per heavy atom. The number of carbonyl (C=O) groups is 1. The minimum atomic E-state index is -0.261. The summed E-state index contributed by atoms with van der Waals surface area (Å²) in [5.41, 5.74) is 5.78. The molecule has 0 unspecified atom stereocenters. The van der Waals surface area contributed by atoms with E-state index in [4.69, 9.17) is 4.74 Å². The van der Waals surface area contributed by atoms with Gasteiger partial charge in [-0.05, 0) is 42.0 Å². The zero-order chi connectivity index (χ0) is 18.8. The molecule has 138 valence electrons. The van der Waals surface area contributed by atoms with Crippen LogP contribution in [0.5, 0.6) is 5.75 Å². The molecule has 0 radical (unpaired) electrons. The van der Waals surface area contributed by atoms with Gasteiger partial charge in [-0.25, -0.2) is 5.43 Å². The second kappa shape index (κ2) is 10.4. The molecule has 4 nitrogen and oxygen atoms in total. The van der Waals surface area contributed by atoms with Gasteiger partial charge in [0.05, 0.1) is 5.71 Å². The van der Waals surface area contributed by atoms with Gasteiger partial charge in [-0.3, -0.25) is 4.79 Å². The minimum Gasteiger partial charge on any atom is -0.484 e. The molecule has 2 aromatic carbocycles. The molecule has 0 aliphatic rings. The Morgan fingerprint density at radius 1 is 1.08 bits per heavy atom. The van der Waals surface area contributed by atoms with Crippen LogP contribution in [0.2, 0.25) is 0 Å². The average Bonchev–Trinajstić information content (AvgIpc) is 2.67. The lowest BCUT2D eigenvalue weighted by Crippen LogP contribution is -2.26. The number of carbonyl (C=O) groups excluding carboxylic acids is 1. The van der Waals surface area contributed by atoms with Gasteiger partial charge in [-0.15, -0.1) is 0 Å². The van der Waals surface area contributed by atoms with Gasteiger partial charge in [-0.2, -0.15) is 5.10 Å². The summed E-state index contributed by atoms with van der Waals surface area (Å²) in [6.45, 7) is 6.37. The molecule has 0 aliphatic heterocycles. The van der Waals surface area contributed by atoms with E-state index in [1.165, 1.54) is 5.56 Å². The highest BCUT2D eigenvalue weighted by Crippen LogP contribution is 2.18. The summed E-state index contributed by atoms with van der Waals surface area (Å²) in [6.07, 6.45) is 2.94. The van der Waals surface area contributed by atoms with E-state index >= 15 is 0 Å². The monoisotopic (exact) mass is 352 g/mol. The molecule has 4 heteroatoms. The molecule has 0 aromatic heterocycles. The third-order valence-electron chi connectivity index (χ3n) is 4.11. The number of hydrogen-bond donors (Lipinski definition) is 1. The number of nitrogens with one attached hydrogen (secondary N) is 1. The number of ether oxygens (including phenoxy) is 1. The van der Waals surface area contributed by atoms with Crippen LogP contribution in [-0.2, 0) is 4.79 Å². The van der Waals surface area contributed by atoms with Gasteiger partial charge in [0.2, 0.25) is 0 Å². The van der Waals surface area contributed by atoms with E-state index in [2.05, 4.69) is 31.3 Å². The largest absolute Gasteiger partial charge is 0.484 e. The quantitative estimate of drug-likeness (QED) is 0.515. The first-order valence-corrected chi connectivity index (χ1v) is 9.23. The number of amides is 1. The highest BCUT2D eigenvalue weighted by atomic mass is 16.5. The molecule has 0 fully saturated rings. The summed E-state index contributed by atoms with van der Waals surface area (Å²) in [4.78, 5) is 12.1. The van der Waals surface area contributed by atoms with Gasteiger partial charge in [0, 0.05) is 0 Å². The van der Waals surface area contributed by atoms with E-state index in [0.29, 0.717) is 11.7 Å². The Labute approximate surface area is 156 Å². The third-order valence-corrected chi connectivity index (χ3v) is 4.11. The van der Waals surface area contributed by atoms with Crippen molar-refractivity contribution in [2.24, 2.45) is 5.10 Å². The zero-order valence-electron chi connectivity index (χ0n) is 15.9. The van der Waals surface area contributed by atoms with Crippen molar-refractivity contribution in [2.75, 3.05) is 6.61 Å². The van der Waals surface area contributed by atoms with Crippen LogP contribution in [0, 0.1) is 0 Å². The van der Waals surface area contributed by atoms with Crippen molar-refractivity contribution in [1.82, 2.24) is 5.43 Å². The van der Waals surface area contributed by atoms with Crippen molar-refractivity contribution in [3.63, 3.8) is 0 Å². The summed E-state index contributed by atoms with van der Waals surface area (Å²) in [5.74, 6) is 0.895. The smallest absolute Gasteiger partial charge is 0.277 e. The van der Waals surface area contributed by atoms with Crippen molar-refractivity contribution >= 4 is 11.6 Å². The normalized spacial score (nSPS) is 11.5. The maximum Gasteiger partial charge on any atom is 0.277 e. The van der Waals surface area contributed by atoms with Crippen LogP contribution in [0.15, 0.2) is 59.7 Å². The van der Waals surface area contributed by atoms with E-state index in [-0.39, 0.29) is 12.5 Å². The summed E-state index contributed by atoms with van der Waals surface area (Å²) >= 11 is 0. The molecule has 2 aromatic rings. The molecular weight excluding hydrogens is 324 g/mol. The van der Waals surface area contributed by atoms with E-state index in [1.54, 1.807) is 0 Å². The van der Waals surface area contributed by atoms with E-state index in [0.717, 1.165) is 30.5 Å². The average molecular weight is 352 g/mol. The Kier molecular flexibility index (Phi) is 7.87. The van der Waals surface area contributed by atoms with Crippen LogP contribution < -0.4 is 10.2 Å². The van der Waals surface area contributed by atoms with Gasteiger partial charge >= 0.3 is 0 Å². The van der Waals surface area contributed by atoms with Crippen LogP contribution >= 0.6 is 0 Å². The van der Waals surface area contributed by atoms with E-state index in [9.17, 15) is 4.79 Å². The van der Waals surface area contributed by atoms with Crippen molar-refractivity contribution in [3.05, 3.63) is 65.7 Å². The topological polar surface area (TPSA) is 50.7 Å². The van der Waals surface area contributed by atoms with Gasteiger partial charge < -0.3 is 4.74 Å². The lowest BCUT2D eigenvalue weighted by Gasteiger charge is -2.09. The van der Waals surface area contributed by atoms with Gasteiger partial charge in [0.15, 0.2) is 6.61 Å². The number of benzene rings is 2. The first kappa shape index (κ1) is 19.7. The van der Waals surface area contributed by atoms with E-state index in [1.807, 2.05) is 54.6 Å². The van der Waals surface area contributed by atoms with Crippen molar-refractivity contribution in [2.45, 2.75) is 46.0 Å². The van der Waals surface area contributed by atoms with Gasteiger partial charge in [0.1, 0.15) is 5.75 Å². The first-order chi connectivity index (χ1) is 12.6. The molecule has 2 rings (SSSR count). The molecule has 0 aliphatic carbocycles. The standard InChI is InChI=1S/C22H28N2O2/c1-4-5-11-21(19-9-7-6-8-10-19)23-24-22(25)16-26-20-14-12-18(13-15-20)17(2)3/h6-10,12-15,17H,4-5,11,16H2,1-3H3,(H,24,25). The molecule has 0 saturated carbocycles. The van der Waals surface area contributed by atoms with Crippen molar-refractivity contribution < 1.29 is 9.53 Å². The maximum atomic E-state index is 12.1. The molecule has 0 atom stereocenters.